The van der Waals surface area contributed by atoms with E-state index >= 15 is 0 Å². The number of halogens is 1. The van der Waals surface area contributed by atoms with Gasteiger partial charge in [-0.3, -0.25) is 15.1 Å². The van der Waals surface area contributed by atoms with Gasteiger partial charge in [0.05, 0.1) is 11.9 Å². The summed E-state index contributed by atoms with van der Waals surface area (Å²) in [5.41, 5.74) is 0.419. The van der Waals surface area contributed by atoms with Gasteiger partial charge in [-0.2, -0.15) is 5.26 Å². The van der Waals surface area contributed by atoms with Crippen LogP contribution in [0.1, 0.15) is 42.5 Å². The number of nitrogens with zero attached hydrogens (tertiary/aromatic N) is 3. The van der Waals surface area contributed by atoms with Crippen LogP contribution in [0.5, 0.6) is 0 Å². The molecule has 1 fully saturated rings. The smallest absolute Gasteiger partial charge is 0.253 e. The number of nitrogens with one attached hydrogen (secondary N) is 3. The molecule has 1 aliphatic carbocycles. The standard InChI is InChI=1S/C20H21ClN6O/c21-16-8-6-15(7-9-16)18(28)26-20(10-2-1-3-11-20)27-19(24-14-22)25-17-5-4-12-23-13-17/h4-9,12-13H,1-3,10-11H2,(H,26,28)(H2,24,25,27). The van der Waals surface area contributed by atoms with Crippen LogP contribution in [0.2, 0.25) is 5.02 Å². The number of hydrogen-bond donors (Lipinski definition) is 3. The monoisotopic (exact) mass is 396 g/mol. The summed E-state index contributed by atoms with van der Waals surface area (Å²) in [5, 5.41) is 18.4. The normalized spacial score (nSPS) is 15.9. The number of carbonyl (C=O) groups is 1. The Balaban J connectivity index is 1.86. The van der Waals surface area contributed by atoms with Crippen LogP contribution in [0.3, 0.4) is 0 Å². The Morgan fingerprint density at radius 2 is 1.93 bits per heavy atom. The van der Waals surface area contributed by atoms with Crippen LogP contribution in [-0.2, 0) is 0 Å². The Kier molecular flexibility index (Phi) is 6.45. The highest BCUT2D eigenvalue weighted by molar-refractivity contribution is 6.30. The highest BCUT2D eigenvalue weighted by Gasteiger charge is 2.34. The third-order valence-corrected chi connectivity index (χ3v) is 4.81. The second-order valence-corrected chi connectivity index (χ2v) is 7.05. The number of benzene rings is 1. The zero-order valence-electron chi connectivity index (χ0n) is 15.3. The van der Waals surface area contributed by atoms with Gasteiger partial charge in [0.2, 0.25) is 5.96 Å². The number of pyridine rings is 1. The molecule has 0 radical (unpaired) electrons. The zero-order chi connectivity index (χ0) is 19.8. The lowest BCUT2D eigenvalue weighted by atomic mass is 9.89. The van der Waals surface area contributed by atoms with Gasteiger partial charge in [0, 0.05) is 16.8 Å². The Labute approximate surface area is 168 Å². The summed E-state index contributed by atoms with van der Waals surface area (Å²) in [6.45, 7) is 0. The summed E-state index contributed by atoms with van der Waals surface area (Å²) in [6, 6.07) is 10.3. The fourth-order valence-electron chi connectivity index (χ4n) is 3.21. The molecule has 3 N–H and O–H groups in total. The van der Waals surface area contributed by atoms with Gasteiger partial charge in [-0.15, -0.1) is 0 Å². The van der Waals surface area contributed by atoms with Crippen LogP contribution in [0.4, 0.5) is 5.69 Å². The maximum atomic E-state index is 12.8. The number of anilines is 1. The van der Waals surface area contributed by atoms with Crippen molar-refractivity contribution in [2.24, 2.45) is 4.99 Å². The number of amides is 1. The van der Waals surface area contributed by atoms with Gasteiger partial charge < -0.3 is 10.6 Å². The van der Waals surface area contributed by atoms with E-state index in [1.54, 1.807) is 42.7 Å². The lowest BCUT2D eigenvalue weighted by Crippen LogP contribution is -2.50. The predicted octanol–water partition coefficient (Wildman–Crippen LogP) is 3.66. The van der Waals surface area contributed by atoms with Crippen molar-refractivity contribution in [3.05, 3.63) is 59.4 Å². The molecule has 1 aliphatic rings. The van der Waals surface area contributed by atoms with Crippen LogP contribution in [0.15, 0.2) is 53.8 Å². The molecular weight excluding hydrogens is 376 g/mol. The topological polar surface area (TPSA) is 102 Å². The first-order valence-corrected chi connectivity index (χ1v) is 9.48. The van der Waals surface area contributed by atoms with Crippen LogP contribution in [0, 0.1) is 11.5 Å². The van der Waals surface area contributed by atoms with Crippen molar-refractivity contribution in [2.45, 2.75) is 37.8 Å². The number of hydrogen-bond acceptors (Lipinski definition) is 4. The van der Waals surface area contributed by atoms with E-state index in [0.29, 0.717) is 29.1 Å². The Hall–Kier alpha value is -3.11. The van der Waals surface area contributed by atoms with Crippen LogP contribution < -0.4 is 16.0 Å². The van der Waals surface area contributed by atoms with E-state index in [4.69, 9.17) is 21.9 Å². The maximum absolute atomic E-state index is 12.8. The SMILES string of the molecule is N#CN/C(=N\C1(NC(=O)c2ccc(Cl)cc2)CCCCC1)Nc1cccnc1. The number of aliphatic imine (C=N–C) groups is 1. The Morgan fingerprint density at radius 3 is 2.57 bits per heavy atom. The molecule has 1 saturated carbocycles. The average molecular weight is 397 g/mol. The zero-order valence-corrected chi connectivity index (χ0v) is 16.0. The van der Waals surface area contributed by atoms with E-state index in [1.165, 1.54) is 0 Å². The van der Waals surface area contributed by atoms with Crippen molar-refractivity contribution in [1.82, 2.24) is 15.6 Å². The summed E-state index contributed by atoms with van der Waals surface area (Å²) in [4.78, 5) is 21.6. The number of carbonyl (C=O) groups excluding carboxylic acids is 1. The van der Waals surface area contributed by atoms with Gasteiger partial charge in [0.15, 0.2) is 6.19 Å². The lowest BCUT2D eigenvalue weighted by Gasteiger charge is -2.35. The molecule has 1 heterocycles. The van der Waals surface area contributed by atoms with E-state index in [-0.39, 0.29) is 11.9 Å². The average Bonchev–Trinajstić information content (AvgIpc) is 2.70. The highest BCUT2D eigenvalue weighted by atomic mass is 35.5. The van der Waals surface area contributed by atoms with Crippen LogP contribution in [-0.4, -0.2) is 22.5 Å². The van der Waals surface area contributed by atoms with E-state index < -0.39 is 5.66 Å². The largest absolute Gasteiger partial charge is 0.328 e. The first kappa shape index (κ1) is 19.6. The first-order chi connectivity index (χ1) is 13.6. The Morgan fingerprint density at radius 1 is 1.18 bits per heavy atom. The Bertz CT molecular complexity index is 870. The van der Waals surface area contributed by atoms with Crippen molar-refractivity contribution >= 4 is 29.2 Å². The molecule has 0 saturated heterocycles. The lowest BCUT2D eigenvalue weighted by molar-refractivity contribution is 0.0875. The quantitative estimate of drug-likeness (QED) is 0.317. The van der Waals surface area contributed by atoms with Gasteiger partial charge >= 0.3 is 0 Å². The molecule has 1 aromatic carbocycles. The number of aromatic nitrogens is 1. The summed E-state index contributed by atoms with van der Waals surface area (Å²) < 4.78 is 0. The van der Waals surface area contributed by atoms with Gasteiger partial charge in [-0.05, 0) is 62.1 Å². The maximum Gasteiger partial charge on any atom is 0.253 e. The second-order valence-electron chi connectivity index (χ2n) is 6.62. The fourth-order valence-corrected chi connectivity index (χ4v) is 3.34. The summed E-state index contributed by atoms with van der Waals surface area (Å²) in [6.07, 6.45) is 9.55. The molecule has 144 valence electrons. The number of guanidine groups is 1. The fraction of sp³-hybridized carbons (Fsp3) is 0.300. The summed E-state index contributed by atoms with van der Waals surface area (Å²) in [7, 11) is 0. The highest BCUT2D eigenvalue weighted by Crippen LogP contribution is 2.30. The molecule has 3 rings (SSSR count). The molecule has 28 heavy (non-hydrogen) atoms. The van der Waals surface area contributed by atoms with Gasteiger partial charge in [0.25, 0.3) is 5.91 Å². The van der Waals surface area contributed by atoms with Crippen molar-refractivity contribution in [3.63, 3.8) is 0 Å². The molecule has 0 spiro atoms. The minimum absolute atomic E-state index is 0.222. The molecule has 2 aromatic rings. The third kappa shape index (κ3) is 5.21. The molecule has 0 aliphatic heterocycles. The third-order valence-electron chi connectivity index (χ3n) is 4.56. The molecule has 1 aromatic heterocycles. The minimum atomic E-state index is -0.788. The van der Waals surface area contributed by atoms with Gasteiger partial charge in [-0.1, -0.05) is 18.0 Å². The molecule has 7 nitrogen and oxygen atoms in total. The van der Waals surface area contributed by atoms with Crippen LogP contribution >= 0.6 is 11.6 Å². The molecule has 8 heteroatoms. The van der Waals surface area contributed by atoms with E-state index in [0.717, 1.165) is 19.3 Å². The summed E-state index contributed by atoms with van der Waals surface area (Å²) in [5.74, 6) is 0.0498. The van der Waals surface area contributed by atoms with Crippen molar-refractivity contribution < 1.29 is 4.79 Å². The van der Waals surface area contributed by atoms with Crippen molar-refractivity contribution in [2.75, 3.05) is 5.32 Å². The van der Waals surface area contributed by atoms with E-state index in [9.17, 15) is 4.79 Å². The van der Waals surface area contributed by atoms with Gasteiger partial charge in [0.1, 0.15) is 5.66 Å². The van der Waals surface area contributed by atoms with Crippen molar-refractivity contribution in [3.8, 4) is 6.19 Å². The first-order valence-electron chi connectivity index (χ1n) is 9.10. The molecular formula is C20H21ClN6O. The van der Waals surface area contributed by atoms with Crippen LogP contribution in [0.25, 0.3) is 0 Å². The molecule has 1 amide bonds. The molecule has 0 bridgehead atoms. The number of nitriles is 1. The summed E-state index contributed by atoms with van der Waals surface area (Å²) >= 11 is 5.91. The van der Waals surface area contributed by atoms with E-state index in [2.05, 4.69) is 20.9 Å². The van der Waals surface area contributed by atoms with E-state index in [1.807, 2.05) is 12.3 Å². The molecule has 0 atom stereocenters. The predicted molar refractivity (Wildman–Crippen MR) is 109 cm³/mol. The minimum Gasteiger partial charge on any atom is -0.328 e. The molecule has 0 unspecified atom stereocenters. The van der Waals surface area contributed by atoms with Crippen molar-refractivity contribution in [1.29, 1.82) is 5.26 Å². The van der Waals surface area contributed by atoms with Gasteiger partial charge in [-0.25, -0.2) is 4.99 Å². The number of rotatable bonds is 4. The second kappa shape index (κ2) is 9.20.